The normalized spacial score (nSPS) is 11.8. The number of nitrogens with one attached hydrogen (secondary N) is 1. The first-order valence-electron chi connectivity index (χ1n) is 7.99. The number of hydrogen-bond donors (Lipinski definition) is 2. The van der Waals surface area contributed by atoms with Crippen LogP contribution in [0, 0.1) is 11.7 Å². The summed E-state index contributed by atoms with van der Waals surface area (Å²) in [6.07, 6.45) is 0.461. The van der Waals surface area contributed by atoms with E-state index in [9.17, 15) is 9.18 Å². The number of halogens is 1. The zero-order valence-corrected chi connectivity index (χ0v) is 14.4. The monoisotopic (exact) mass is 346 g/mol. The molecular formula is C19H23FN2O3. The van der Waals surface area contributed by atoms with Crippen LogP contribution < -0.4 is 20.5 Å². The fourth-order valence-electron chi connectivity index (χ4n) is 2.56. The van der Waals surface area contributed by atoms with Crippen molar-refractivity contribution in [3.8, 4) is 11.5 Å². The molecule has 5 nitrogen and oxygen atoms in total. The van der Waals surface area contributed by atoms with Crippen LogP contribution in [-0.2, 0) is 17.8 Å². The van der Waals surface area contributed by atoms with E-state index in [2.05, 4.69) is 5.32 Å². The van der Waals surface area contributed by atoms with E-state index in [1.807, 2.05) is 12.1 Å². The maximum atomic E-state index is 13.0. The minimum Gasteiger partial charge on any atom is -0.497 e. The second-order valence-electron chi connectivity index (χ2n) is 5.74. The molecule has 0 aliphatic rings. The van der Waals surface area contributed by atoms with Gasteiger partial charge >= 0.3 is 0 Å². The van der Waals surface area contributed by atoms with Gasteiger partial charge in [-0.05, 0) is 30.2 Å². The van der Waals surface area contributed by atoms with Gasteiger partial charge in [-0.1, -0.05) is 18.2 Å². The van der Waals surface area contributed by atoms with Crippen molar-refractivity contribution < 1.29 is 18.7 Å². The van der Waals surface area contributed by atoms with Crippen molar-refractivity contribution in [3.63, 3.8) is 0 Å². The lowest BCUT2D eigenvalue weighted by molar-refractivity contribution is -0.121. The maximum absolute atomic E-state index is 13.0. The van der Waals surface area contributed by atoms with Crippen LogP contribution >= 0.6 is 0 Å². The van der Waals surface area contributed by atoms with Gasteiger partial charge < -0.3 is 20.5 Å². The molecule has 0 unspecified atom stereocenters. The Morgan fingerprint density at radius 3 is 2.48 bits per heavy atom. The average Bonchev–Trinajstić information content (AvgIpc) is 2.62. The summed E-state index contributed by atoms with van der Waals surface area (Å²) in [4.78, 5) is 11.7. The highest BCUT2D eigenvalue weighted by atomic mass is 19.1. The van der Waals surface area contributed by atoms with Crippen molar-refractivity contribution in [2.45, 2.75) is 13.0 Å². The summed E-state index contributed by atoms with van der Waals surface area (Å²) in [5, 5.41) is 3.23. The minimum absolute atomic E-state index is 0.302. The number of carbonyl (C=O) groups excluding carboxylic acids is 1. The second kappa shape index (κ2) is 9.03. The number of amides is 1. The van der Waals surface area contributed by atoms with Crippen molar-refractivity contribution in [1.29, 1.82) is 0 Å². The molecule has 0 bridgehead atoms. The number of rotatable bonds is 9. The summed E-state index contributed by atoms with van der Waals surface area (Å²) in [5.41, 5.74) is 7.32. The third kappa shape index (κ3) is 5.46. The summed E-state index contributed by atoms with van der Waals surface area (Å²) < 4.78 is 23.5. The fourth-order valence-corrected chi connectivity index (χ4v) is 2.56. The van der Waals surface area contributed by atoms with E-state index in [0.29, 0.717) is 31.0 Å². The van der Waals surface area contributed by atoms with Crippen LogP contribution in [0.4, 0.5) is 4.39 Å². The number of benzene rings is 2. The van der Waals surface area contributed by atoms with Crippen molar-refractivity contribution in [3.05, 3.63) is 59.4 Å². The number of ether oxygens (including phenoxy) is 2. The van der Waals surface area contributed by atoms with Crippen molar-refractivity contribution >= 4 is 5.91 Å². The molecule has 0 radical (unpaired) electrons. The molecule has 2 aromatic rings. The predicted octanol–water partition coefficient (Wildman–Crippen LogP) is 2.28. The number of carbonyl (C=O) groups is 1. The Morgan fingerprint density at radius 2 is 1.88 bits per heavy atom. The molecule has 2 aromatic carbocycles. The predicted molar refractivity (Wildman–Crippen MR) is 94.0 cm³/mol. The van der Waals surface area contributed by atoms with E-state index in [1.54, 1.807) is 32.4 Å². The van der Waals surface area contributed by atoms with Gasteiger partial charge in [-0.15, -0.1) is 0 Å². The number of primary amides is 1. The number of nitrogens with two attached hydrogens (primary N) is 1. The Kier molecular flexibility index (Phi) is 6.77. The topological polar surface area (TPSA) is 73.6 Å². The van der Waals surface area contributed by atoms with Crippen LogP contribution in [0.5, 0.6) is 11.5 Å². The molecule has 134 valence electrons. The van der Waals surface area contributed by atoms with E-state index in [-0.39, 0.29) is 11.7 Å². The molecule has 25 heavy (non-hydrogen) atoms. The van der Waals surface area contributed by atoms with Crippen LogP contribution in [0.15, 0.2) is 42.5 Å². The van der Waals surface area contributed by atoms with Crippen LogP contribution in [0.1, 0.15) is 11.1 Å². The van der Waals surface area contributed by atoms with Gasteiger partial charge in [-0.25, -0.2) is 4.39 Å². The first-order valence-corrected chi connectivity index (χ1v) is 7.99. The van der Waals surface area contributed by atoms with E-state index in [4.69, 9.17) is 15.2 Å². The SMILES string of the molecule is COc1ccc(CNC[C@@H](Cc2ccc(F)cc2)C(N)=O)c(OC)c1. The molecule has 0 aromatic heterocycles. The lowest BCUT2D eigenvalue weighted by atomic mass is 9.98. The molecule has 0 heterocycles. The molecule has 3 N–H and O–H groups in total. The van der Waals surface area contributed by atoms with Gasteiger partial charge in [0.15, 0.2) is 0 Å². The molecule has 0 fully saturated rings. The zero-order valence-electron chi connectivity index (χ0n) is 14.4. The van der Waals surface area contributed by atoms with Gasteiger partial charge in [-0.3, -0.25) is 4.79 Å². The van der Waals surface area contributed by atoms with E-state index >= 15 is 0 Å². The summed E-state index contributed by atoms with van der Waals surface area (Å²) in [6, 6.07) is 11.6. The highest BCUT2D eigenvalue weighted by Crippen LogP contribution is 2.24. The Labute approximate surface area is 146 Å². The lowest BCUT2D eigenvalue weighted by Crippen LogP contribution is -2.34. The van der Waals surface area contributed by atoms with Crippen LogP contribution in [0.2, 0.25) is 0 Å². The number of hydrogen-bond acceptors (Lipinski definition) is 4. The maximum Gasteiger partial charge on any atom is 0.222 e. The molecule has 0 spiro atoms. The third-order valence-corrected chi connectivity index (χ3v) is 4.00. The Morgan fingerprint density at radius 1 is 1.16 bits per heavy atom. The van der Waals surface area contributed by atoms with Crippen LogP contribution in [0.25, 0.3) is 0 Å². The number of methoxy groups -OCH3 is 2. The highest BCUT2D eigenvalue weighted by Gasteiger charge is 2.16. The summed E-state index contributed by atoms with van der Waals surface area (Å²) in [5.74, 6) is 0.352. The van der Waals surface area contributed by atoms with Crippen LogP contribution in [0.3, 0.4) is 0 Å². The summed E-state index contributed by atoms with van der Waals surface area (Å²) >= 11 is 0. The van der Waals surface area contributed by atoms with E-state index in [0.717, 1.165) is 11.1 Å². The molecule has 0 aliphatic heterocycles. The summed E-state index contributed by atoms with van der Waals surface area (Å²) in [7, 11) is 3.19. The lowest BCUT2D eigenvalue weighted by Gasteiger charge is -2.16. The second-order valence-corrected chi connectivity index (χ2v) is 5.74. The summed E-state index contributed by atoms with van der Waals surface area (Å²) in [6.45, 7) is 0.947. The fraction of sp³-hybridized carbons (Fsp3) is 0.316. The quantitative estimate of drug-likeness (QED) is 0.731. The van der Waals surface area contributed by atoms with Gasteiger partial charge in [-0.2, -0.15) is 0 Å². The molecule has 6 heteroatoms. The third-order valence-electron chi connectivity index (χ3n) is 4.00. The molecule has 1 atom stereocenters. The smallest absolute Gasteiger partial charge is 0.222 e. The standard InChI is InChI=1S/C19H23FN2O3/c1-24-17-8-5-14(18(10-17)25-2)11-22-12-15(19(21)23)9-13-3-6-16(20)7-4-13/h3-8,10,15,22H,9,11-12H2,1-2H3,(H2,21,23)/t15-/m1/s1. The molecule has 2 rings (SSSR count). The minimum atomic E-state index is -0.390. The van der Waals surface area contributed by atoms with Gasteiger partial charge in [0.2, 0.25) is 5.91 Å². The molecule has 0 aliphatic carbocycles. The average molecular weight is 346 g/mol. The largest absolute Gasteiger partial charge is 0.497 e. The van der Waals surface area contributed by atoms with Crippen molar-refractivity contribution in [1.82, 2.24) is 5.32 Å². The first kappa shape index (κ1) is 18.7. The van der Waals surface area contributed by atoms with Crippen LogP contribution in [-0.4, -0.2) is 26.7 Å². The first-order chi connectivity index (χ1) is 12.0. The van der Waals surface area contributed by atoms with Gasteiger partial charge in [0.25, 0.3) is 0 Å². The Balaban J connectivity index is 1.95. The van der Waals surface area contributed by atoms with Crippen molar-refractivity contribution in [2.24, 2.45) is 11.7 Å². The molecule has 0 saturated carbocycles. The van der Waals surface area contributed by atoms with Gasteiger partial charge in [0.1, 0.15) is 17.3 Å². The Hall–Kier alpha value is -2.60. The zero-order chi connectivity index (χ0) is 18.2. The highest BCUT2D eigenvalue weighted by molar-refractivity contribution is 5.77. The molecule has 1 amide bonds. The Bertz CT molecular complexity index is 704. The molecular weight excluding hydrogens is 323 g/mol. The van der Waals surface area contributed by atoms with E-state index in [1.165, 1.54) is 12.1 Å². The van der Waals surface area contributed by atoms with Crippen molar-refractivity contribution in [2.75, 3.05) is 20.8 Å². The molecule has 0 saturated heterocycles. The van der Waals surface area contributed by atoms with E-state index < -0.39 is 5.91 Å². The van der Waals surface area contributed by atoms with Gasteiger partial charge in [0, 0.05) is 24.7 Å². The van der Waals surface area contributed by atoms with Gasteiger partial charge in [0.05, 0.1) is 20.1 Å².